The van der Waals surface area contributed by atoms with Crippen LogP contribution in [0.2, 0.25) is 0 Å². The minimum Gasteiger partial charge on any atom is -0.494 e. The lowest BCUT2D eigenvalue weighted by Crippen LogP contribution is -2.37. The quantitative estimate of drug-likeness (QED) is 0.768. The van der Waals surface area contributed by atoms with Crippen molar-refractivity contribution in [3.63, 3.8) is 0 Å². The maximum Gasteiger partial charge on any atom is 0.243 e. The fourth-order valence-corrected chi connectivity index (χ4v) is 3.79. The maximum absolute atomic E-state index is 12.7. The van der Waals surface area contributed by atoms with Gasteiger partial charge in [0.1, 0.15) is 5.75 Å². The normalized spacial score (nSPS) is 11.4. The Morgan fingerprint density at radius 3 is 2.19 bits per heavy atom. The lowest BCUT2D eigenvalue weighted by Gasteiger charge is -2.20. The van der Waals surface area contributed by atoms with Gasteiger partial charge in [-0.25, -0.2) is 8.42 Å². The summed E-state index contributed by atoms with van der Waals surface area (Å²) in [6, 6.07) is 13.5. The van der Waals surface area contributed by atoms with Crippen molar-refractivity contribution in [2.75, 3.05) is 25.0 Å². The highest BCUT2D eigenvalue weighted by atomic mass is 32.2. The highest BCUT2D eigenvalue weighted by Gasteiger charge is 2.25. The predicted octanol–water partition coefficient (Wildman–Crippen LogP) is 3.04. The van der Waals surface area contributed by atoms with E-state index in [9.17, 15) is 13.2 Å². The number of carbonyl (C=O) groups is 1. The van der Waals surface area contributed by atoms with E-state index in [0.717, 1.165) is 9.87 Å². The molecular weight excluding hydrogens is 352 g/mol. The third-order valence-corrected chi connectivity index (χ3v) is 5.72. The molecule has 0 radical (unpaired) electrons. The number of aryl methyl sites for hydroxylation is 1. The van der Waals surface area contributed by atoms with Crippen LogP contribution in [0.3, 0.4) is 0 Å². The molecule has 0 bridgehead atoms. The third-order valence-electron chi connectivity index (χ3n) is 3.78. The van der Waals surface area contributed by atoms with Gasteiger partial charge in [-0.1, -0.05) is 24.6 Å². The van der Waals surface area contributed by atoms with E-state index in [-0.39, 0.29) is 18.0 Å². The first kappa shape index (κ1) is 19.9. The molecule has 2 aromatic carbocycles. The molecule has 0 fully saturated rings. The van der Waals surface area contributed by atoms with Gasteiger partial charge in [-0.05, 0) is 50.2 Å². The molecule has 7 heteroatoms. The van der Waals surface area contributed by atoms with Crippen molar-refractivity contribution < 1.29 is 17.9 Å². The molecule has 6 nitrogen and oxygen atoms in total. The standard InChI is InChI=1S/C19H24N2O4S/c1-4-21(26(23,24)18-12-6-15(3)7-13-18)14-19(22)20-16-8-10-17(11-9-16)25-5-2/h6-13H,4-5,14H2,1-3H3,(H,20,22). The Kier molecular flexibility index (Phi) is 6.76. The summed E-state index contributed by atoms with van der Waals surface area (Å²) in [5.74, 6) is 0.314. The summed E-state index contributed by atoms with van der Waals surface area (Å²) in [6.07, 6.45) is 0. The Bertz CT molecular complexity index is 831. The molecular formula is C19H24N2O4S. The van der Waals surface area contributed by atoms with Gasteiger partial charge in [-0.2, -0.15) is 4.31 Å². The van der Waals surface area contributed by atoms with Crippen LogP contribution < -0.4 is 10.1 Å². The smallest absolute Gasteiger partial charge is 0.243 e. The van der Waals surface area contributed by atoms with Crippen molar-refractivity contribution in [3.8, 4) is 5.75 Å². The predicted molar refractivity (Wildman–Crippen MR) is 102 cm³/mol. The van der Waals surface area contributed by atoms with E-state index in [0.29, 0.717) is 18.0 Å². The largest absolute Gasteiger partial charge is 0.494 e. The zero-order chi connectivity index (χ0) is 19.2. The number of rotatable bonds is 8. The van der Waals surface area contributed by atoms with Crippen LogP contribution in [0.4, 0.5) is 5.69 Å². The molecule has 0 aliphatic heterocycles. The molecule has 26 heavy (non-hydrogen) atoms. The van der Waals surface area contributed by atoms with Crippen LogP contribution in [0.15, 0.2) is 53.4 Å². The van der Waals surface area contributed by atoms with Gasteiger partial charge >= 0.3 is 0 Å². The molecule has 140 valence electrons. The number of hydrogen-bond acceptors (Lipinski definition) is 4. The summed E-state index contributed by atoms with van der Waals surface area (Å²) in [4.78, 5) is 12.5. The second-order valence-corrected chi connectivity index (χ2v) is 7.69. The van der Waals surface area contributed by atoms with Crippen LogP contribution in [0.1, 0.15) is 19.4 Å². The average Bonchev–Trinajstić information content (AvgIpc) is 2.62. The number of hydrogen-bond donors (Lipinski definition) is 1. The molecule has 2 aromatic rings. The van der Waals surface area contributed by atoms with Gasteiger partial charge in [0.2, 0.25) is 15.9 Å². The molecule has 0 aromatic heterocycles. The topological polar surface area (TPSA) is 75.7 Å². The summed E-state index contributed by atoms with van der Waals surface area (Å²) >= 11 is 0. The van der Waals surface area contributed by atoms with E-state index in [1.807, 2.05) is 13.8 Å². The van der Waals surface area contributed by atoms with E-state index >= 15 is 0 Å². The summed E-state index contributed by atoms with van der Waals surface area (Å²) in [6.45, 7) is 6.00. The number of nitrogens with zero attached hydrogens (tertiary/aromatic N) is 1. The zero-order valence-corrected chi connectivity index (χ0v) is 16.0. The average molecular weight is 376 g/mol. The lowest BCUT2D eigenvalue weighted by atomic mass is 10.2. The van der Waals surface area contributed by atoms with Crippen molar-refractivity contribution >= 4 is 21.6 Å². The number of likely N-dealkylation sites (N-methyl/N-ethyl adjacent to an activating group) is 1. The van der Waals surface area contributed by atoms with Crippen molar-refractivity contribution in [2.45, 2.75) is 25.7 Å². The van der Waals surface area contributed by atoms with E-state index in [1.54, 1.807) is 55.5 Å². The van der Waals surface area contributed by atoms with Crippen LogP contribution >= 0.6 is 0 Å². The first-order chi connectivity index (χ1) is 12.4. The van der Waals surface area contributed by atoms with Crippen LogP contribution in [-0.2, 0) is 14.8 Å². The molecule has 2 rings (SSSR count). The number of carbonyl (C=O) groups excluding carboxylic acids is 1. The second kappa shape index (κ2) is 8.82. The third kappa shape index (κ3) is 5.06. The number of amides is 1. The fourth-order valence-electron chi connectivity index (χ4n) is 2.39. The number of sulfonamides is 1. The van der Waals surface area contributed by atoms with Gasteiger partial charge in [-0.15, -0.1) is 0 Å². The van der Waals surface area contributed by atoms with Gasteiger partial charge < -0.3 is 10.1 Å². The van der Waals surface area contributed by atoms with Crippen molar-refractivity contribution in [1.82, 2.24) is 4.31 Å². The molecule has 0 saturated carbocycles. The highest BCUT2D eigenvalue weighted by Crippen LogP contribution is 2.18. The van der Waals surface area contributed by atoms with Crippen LogP contribution in [-0.4, -0.2) is 38.3 Å². The van der Waals surface area contributed by atoms with Gasteiger partial charge in [-0.3, -0.25) is 4.79 Å². The Hall–Kier alpha value is -2.38. The number of nitrogens with one attached hydrogen (secondary N) is 1. The van der Waals surface area contributed by atoms with Crippen LogP contribution in [0.5, 0.6) is 5.75 Å². The van der Waals surface area contributed by atoms with Gasteiger partial charge in [0.05, 0.1) is 18.0 Å². The molecule has 0 aliphatic carbocycles. The molecule has 0 saturated heterocycles. The first-order valence-electron chi connectivity index (χ1n) is 8.46. The van der Waals surface area contributed by atoms with Crippen molar-refractivity contribution in [3.05, 3.63) is 54.1 Å². The molecule has 1 N–H and O–H groups in total. The molecule has 0 spiro atoms. The maximum atomic E-state index is 12.7. The van der Waals surface area contributed by atoms with E-state index < -0.39 is 15.9 Å². The molecule has 0 unspecified atom stereocenters. The number of benzene rings is 2. The SMILES string of the molecule is CCOc1ccc(NC(=O)CN(CC)S(=O)(=O)c2ccc(C)cc2)cc1. The van der Waals surface area contributed by atoms with E-state index in [2.05, 4.69) is 5.32 Å². The van der Waals surface area contributed by atoms with Crippen LogP contribution in [0, 0.1) is 6.92 Å². The Morgan fingerprint density at radius 1 is 1.04 bits per heavy atom. The van der Waals surface area contributed by atoms with Gasteiger partial charge in [0.25, 0.3) is 0 Å². The fraction of sp³-hybridized carbons (Fsp3) is 0.316. The van der Waals surface area contributed by atoms with E-state index in [1.165, 1.54) is 0 Å². The number of anilines is 1. The Balaban J connectivity index is 2.06. The number of ether oxygens (including phenoxy) is 1. The molecule has 0 aliphatic rings. The minimum absolute atomic E-state index is 0.179. The summed E-state index contributed by atoms with van der Waals surface area (Å²) in [5, 5.41) is 2.71. The monoisotopic (exact) mass is 376 g/mol. The molecule has 0 heterocycles. The van der Waals surface area contributed by atoms with Crippen LogP contribution in [0.25, 0.3) is 0 Å². The van der Waals surface area contributed by atoms with Crippen molar-refractivity contribution in [2.24, 2.45) is 0 Å². The lowest BCUT2D eigenvalue weighted by molar-refractivity contribution is -0.116. The van der Waals surface area contributed by atoms with Gasteiger partial charge in [0.15, 0.2) is 0 Å². The zero-order valence-electron chi connectivity index (χ0n) is 15.2. The highest BCUT2D eigenvalue weighted by molar-refractivity contribution is 7.89. The van der Waals surface area contributed by atoms with Crippen molar-refractivity contribution in [1.29, 1.82) is 0 Å². The summed E-state index contributed by atoms with van der Waals surface area (Å²) in [5.41, 5.74) is 1.56. The summed E-state index contributed by atoms with van der Waals surface area (Å²) < 4.78 is 31.9. The minimum atomic E-state index is -3.72. The Morgan fingerprint density at radius 2 is 1.65 bits per heavy atom. The first-order valence-corrected chi connectivity index (χ1v) is 9.90. The van der Waals surface area contributed by atoms with Gasteiger partial charge in [0, 0.05) is 12.2 Å². The molecule has 1 amide bonds. The van der Waals surface area contributed by atoms with E-state index in [4.69, 9.17) is 4.74 Å². The second-order valence-electron chi connectivity index (χ2n) is 5.75. The summed E-state index contributed by atoms with van der Waals surface area (Å²) in [7, 11) is -3.72. The Labute approximate surface area is 154 Å². The molecule has 0 atom stereocenters.